The van der Waals surface area contributed by atoms with E-state index in [0.29, 0.717) is 23.0 Å². The zero-order valence-corrected chi connectivity index (χ0v) is 12.1. The molecule has 2 aromatic carbocycles. The minimum absolute atomic E-state index is 0.290. The van der Waals surface area contributed by atoms with Gasteiger partial charge in [-0.2, -0.15) is 0 Å². The van der Waals surface area contributed by atoms with Crippen LogP contribution in [0.25, 0.3) is 21.7 Å². The van der Waals surface area contributed by atoms with E-state index in [1.54, 1.807) is 37.3 Å². The van der Waals surface area contributed by atoms with E-state index in [1.165, 1.54) is 4.57 Å². The van der Waals surface area contributed by atoms with Gasteiger partial charge in [0.15, 0.2) is 0 Å². The molecule has 1 heterocycles. The Morgan fingerprint density at radius 2 is 1.86 bits per heavy atom. The number of aliphatic carboxylic acids is 1. The lowest BCUT2D eigenvalue weighted by Crippen LogP contribution is -2.30. The molecule has 1 atom stereocenters. The van der Waals surface area contributed by atoms with Crippen molar-refractivity contribution in [2.24, 2.45) is 0 Å². The number of nitrogens with two attached hydrogens (primary N) is 1. The Hall–Kier alpha value is -2.82. The molecule has 0 spiro atoms. The molecule has 112 valence electrons. The molecule has 0 aliphatic heterocycles. The highest BCUT2D eigenvalue weighted by atomic mass is 16.4. The smallest absolute Gasteiger partial charge is 0.326 e. The number of benzene rings is 2. The number of fused-ring (bicyclic) bond motifs is 3. The quantitative estimate of drug-likeness (QED) is 0.575. The maximum Gasteiger partial charge on any atom is 0.326 e. The Kier molecular flexibility index (Phi) is 3.33. The number of carboxylic acid groups (broad SMARTS) is 1. The largest absolute Gasteiger partial charge is 0.480 e. The maximum atomic E-state index is 12.8. The summed E-state index contributed by atoms with van der Waals surface area (Å²) in [4.78, 5) is 24.3. The molecule has 0 bridgehead atoms. The van der Waals surface area contributed by atoms with Gasteiger partial charge in [0.05, 0.1) is 5.52 Å². The van der Waals surface area contributed by atoms with E-state index in [-0.39, 0.29) is 5.56 Å². The molecule has 0 aliphatic rings. The number of carboxylic acids is 1. The number of hydrogen-bond donors (Lipinski definition) is 2. The summed E-state index contributed by atoms with van der Waals surface area (Å²) in [6.07, 6.45) is 0.326. The van der Waals surface area contributed by atoms with Gasteiger partial charge in [0.1, 0.15) is 6.04 Å². The summed E-state index contributed by atoms with van der Waals surface area (Å²) in [7, 11) is 0. The fourth-order valence-electron chi connectivity index (χ4n) is 2.90. The molecule has 3 aromatic rings. The van der Waals surface area contributed by atoms with Crippen molar-refractivity contribution in [1.29, 1.82) is 0 Å². The molecular weight excluding hydrogens is 280 g/mol. The van der Waals surface area contributed by atoms with Crippen molar-refractivity contribution < 1.29 is 9.90 Å². The zero-order valence-electron chi connectivity index (χ0n) is 12.1. The van der Waals surface area contributed by atoms with Crippen molar-refractivity contribution in [3.05, 3.63) is 52.8 Å². The van der Waals surface area contributed by atoms with Crippen molar-refractivity contribution >= 4 is 33.3 Å². The predicted octanol–water partition coefficient (Wildman–Crippen LogP) is 2.77. The molecule has 0 amide bonds. The fourth-order valence-corrected chi connectivity index (χ4v) is 2.90. The number of hydrogen-bond acceptors (Lipinski definition) is 3. The van der Waals surface area contributed by atoms with Crippen molar-refractivity contribution in [3.63, 3.8) is 0 Å². The first kappa shape index (κ1) is 14.1. The Labute approximate surface area is 126 Å². The van der Waals surface area contributed by atoms with E-state index < -0.39 is 12.0 Å². The Bertz CT molecular complexity index is 944. The van der Waals surface area contributed by atoms with Crippen molar-refractivity contribution in [2.45, 2.75) is 19.4 Å². The highest BCUT2D eigenvalue weighted by Crippen LogP contribution is 2.27. The molecule has 0 radical (unpaired) electrons. The van der Waals surface area contributed by atoms with Gasteiger partial charge in [0.2, 0.25) is 0 Å². The van der Waals surface area contributed by atoms with E-state index in [2.05, 4.69) is 0 Å². The van der Waals surface area contributed by atoms with Crippen LogP contribution in [0.2, 0.25) is 0 Å². The lowest BCUT2D eigenvalue weighted by molar-refractivity contribution is -0.140. The first-order valence-electron chi connectivity index (χ1n) is 7.10. The van der Waals surface area contributed by atoms with Gasteiger partial charge >= 0.3 is 5.97 Å². The summed E-state index contributed by atoms with van der Waals surface area (Å²) in [5, 5.41) is 11.5. The average Bonchev–Trinajstić information content (AvgIpc) is 2.51. The number of carbonyl (C=O) groups is 1. The predicted molar refractivity (Wildman–Crippen MR) is 87.1 cm³/mol. The van der Waals surface area contributed by atoms with Gasteiger partial charge in [-0.15, -0.1) is 0 Å². The molecule has 3 N–H and O–H groups in total. The van der Waals surface area contributed by atoms with Gasteiger partial charge in [-0.1, -0.05) is 25.1 Å². The van der Waals surface area contributed by atoms with Crippen LogP contribution < -0.4 is 11.3 Å². The zero-order chi connectivity index (χ0) is 15.9. The fraction of sp³-hybridized carbons (Fsp3) is 0.176. The average molecular weight is 296 g/mol. The number of anilines is 1. The third-order valence-electron chi connectivity index (χ3n) is 3.93. The second-order valence-electron chi connectivity index (χ2n) is 5.26. The Balaban J connectivity index is 2.56. The highest BCUT2D eigenvalue weighted by Gasteiger charge is 2.22. The van der Waals surface area contributed by atoms with Crippen LogP contribution in [0.15, 0.2) is 47.3 Å². The minimum Gasteiger partial charge on any atom is -0.480 e. The van der Waals surface area contributed by atoms with Crippen LogP contribution in [0.1, 0.15) is 19.4 Å². The van der Waals surface area contributed by atoms with Crippen LogP contribution in [0.5, 0.6) is 0 Å². The number of pyridine rings is 1. The van der Waals surface area contributed by atoms with Gasteiger partial charge in [0, 0.05) is 16.5 Å². The second kappa shape index (κ2) is 5.18. The van der Waals surface area contributed by atoms with E-state index in [9.17, 15) is 14.7 Å². The normalized spacial score (nSPS) is 12.6. The molecule has 5 heteroatoms. The van der Waals surface area contributed by atoms with Crippen molar-refractivity contribution in [1.82, 2.24) is 4.57 Å². The summed E-state index contributed by atoms with van der Waals surface area (Å²) in [5.41, 5.74) is 6.74. The van der Waals surface area contributed by atoms with E-state index in [4.69, 9.17) is 5.73 Å². The van der Waals surface area contributed by atoms with Crippen molar-refractivity contribution in [2.75, 3.05) is 5.73 Å². The lowest BCUT2D eigenvalue weighted by atomic mass is 10.0. The number of rotatable bonds is 3. The van der Waals surface area contributed by atoms with E-state index in [0.717, 1.165) is 10.8 Å². The Morgan fingerprint density at radius 3 is 2.50 bits per heavy atom. The monoisotopic (exact) mass is 296 g/mol. The second-order valence-corrected chi connectivity index (χ2v) is 5.26. The number of aromatic nitrogens is 1. The van der Waals surface area contributed by atoms with Crippen LogP contribution in [0.3, 0.4) is 0 Å². The third kappa shape index (κ3) is 2.02. The minimum atomic E-state index is -1.02. The van der Waals surface area contributed by atoms with Crippen LogP contribution >= 0.6 is 0 Å². The van der Waals surface area contributed by atoms with Crippen LogP contribution in [-0.2, 0) is 4.79 Å². The van der Waals surface area contributed by atoms with Crippen LogP contribution in [0.4, 0.5) is 5.69 Å². The molecule has 0 saturated heterocycles. The van der Waals surface area contributed by atoms with Gasteiger partial charge in [0.25, 0.3) is 5.56 Å². The van der Waals surface area contributed by atoms with Gasteiger partial charge in [-0.25, -0.2) is 4.79 Å². The first-order valence-corrected chi connectivity index (χ1v) is 7.10. The topological polar surface area (TPSA) is 85.3 Å². The van der Waals surface area contributed by atoms with Crippen LogP contribution in [0, 0.1) is 0 Å². The standard InChI is InChI=1S/C17H16N2O3/c1-2-14(17(21)22)19-15-8-7-10(18)9-13(15)11-5-3-4-6-12(11)16(19)20/h3-9,14H,2,18H2,1H3,(H,21,22). The summed E-state index contributed by atoms with van der Waals surface area (Å²) in [6, 6.07) is 11.5. The highest BCUT2D eigenvalue weighted by molar-refractivity contribution is 6.06. The SMILES string of the molecule is CCC(C(=O)O)n1c(=O)c2ccccc2c2cc(N)ccc21. The molecule has 5 nitrogen and oxygen atoms in total. The van der Waals surface area contributed by atoms with Gasteiger partial charge in [-0.3, -0.25) is 9.36 Å². The molecule has 1 unspecified atom stereocenters. The molecule has 1 aromatic heterocycles. The van der Waals surface area contributed by atoms with Crippen molar-refractivity contribution in [3.8, 4) is 0 Å². The maximum absolute atomic E-state index is 12.8. The summed E-state index contributed by atoms with van der Waals surface area (Å²) < 4.78 is 1.36. The molecule has 3 rings (SSSR count). The van der Waals surface area contributed by atoms with E-state index in [1.807, 2.05) is 12.1 Å². The summed E-state index contributed by atoms with van der Waals surface area (Å²) in [5.74, 6) is -1.02. The molecule has 0 saturated carbocycles. The molecule has 22 heavy (non-hydrogen) atoms. The number of nitrogen functional groups attached to an aromatic ring is 1. The number of nitrogens with zero attached hydrogens (tertiary/aromatic N) is 1. The molecular formula is C17H16N2O3. The van der Waals surface area contributed by atoms with Gasteiger partial charge < -0.3 is 10.8 Å². The molecule has 0 fully saturated rings. The Morgan fingerprint density at radius 1 is 1.18 bits per heavy atom. The van der Waals surface area contributed by atoms with Crippen LogP contribution in [-0.4, -0.2) is 15.6 Å². The lowest BCUT2D eigenvalue weighted by Gasteiger charge is -2.18. The summed E-state index contributed by atoms with van der Waals surface area (Å²) in [6.45, 7) is 1.75. The third-order valence-corrected chi connectivity index (χ3v) is 3.93. The first-order chi connectivity index (χ1) is 10.5. The van der Waals surface area contributed by atoms with E-state index >= 15 is 0 Å². The van der Waals surface area contributed by atoms with Gasteiger partial charge in [-0.05, 0) is 36.1 Å². The molecule has 0 aliphatic carbocycles. The summed E-state index contributed by atoms with van der Waals surface area (Å²) >= 11 is 0.